The number of thiazole rings is 1. The molecule has 0 atom stereocenters. The van der Waals surface area contributed by atoms with E-state index in [1.807, 2.05) is 6.92 Å². The zero-order chi connectivity index (χ0) is 13.1. The predicted molar refractivity (Wildman–Crippen MR) is 65.5 cm³/mol. The van der Waals surface area contributed by atoms with Crippen molar-refractivity contribution >= 4 is 22.9 Å². The molecular weight excluding hydrogens is 258 g/mol. The predicted octanol–water partition coefficient (Wildman–Crippen LogP) is 2.91. The third-order valence-electron chi connectivity index (χ3n) is 2.23. The molecule has 0 aliphatic carbocycles. The number of hydrogen-bond donors (Lipinski definition) is 1. The monoisotopic (exact) mass is 268 g/mol. The molecule has 0 fully saturated rings. The zero-order valence-corrected chi connectivity index (χ0v) is 10.4. The average Bonchev–Trinajstić information content (AvgIpc) is 2.70. The van der Waals surface area contributed by atoms with Gasteiger partial charge in [-0.2, -0.15) is 0 Å². The summed E-state index contributed by atoms with van der Waals surface area (Å²) in [6.45, 7) is 1.83. The van der Waals surface area contributed by atoms with Gasteiger partial charge in [0, 0.05) is 5.38 Å². The van der Waals surface area contributed by atoms with E-state index in [2.05, 4.69) is 10.3 Å². The molecule has 0 aliphatic rings. The number of halogens is 2. The van der Waals surface area contributed by atoms with Crippen molar-refractivity contribution in [1.29, 1.82) is 0 Å². The van der Waals surface area contributed by atoms with Crippen LogP contribution in [0.2, 0.25) is 0 Å². The number of nitrogens with one attached hydrogen (secondary N) is 1. The van der Waals surface area contributed by atoms with Gasteiger partial charge in [0.15, 0.2) is 11.6 Å². The molecule has 1 aromatic heterocycles. The van der Waals surface area contributed by atoms with Gasteiger partial charge in [0.05, 0.1) is 22.8 Å². The minimum absolute atomic E-state index is 0.0420. The van der Waals surface area contributed by atoms with Crippen LogP contribution in [0.4, 0.5) is 14.5 Å². The standard InChI is InChI=1S/C12H10F2N2OS/c1-7-15-8(6-18-7)5-11(17)16-10-4-2-3-9(13)12(10)14/h2-4,6H,5H2,1H3,(H,16,17). The normalized spacial score (nSPS) is 10.4. The number of nitrogens with zero attached hydrogens (tertiary/aromatic N) is 1. The molecule has 2 rings (SSSR count). The molecule has 94 valence electrons. The second-order valence-corrected chi connectivity index (χ2v) is 4.75. The van der Waals surface area contributed by atoms with Gasteiger partial charge in [-0.15, -0.1) is 11.3 Å². The van der Waals surface area contributed by atoms with Crippen molar-refractivity contribution in [3.8, 4) is 0 Å². The number of rotatable bonds is 3. The van der Waals surface area contributed by atoms with Crippen LogP contribution in [0.3, 0.4) is 0 Å². The molecule has 1 N–H and O–H groups in total. The summed E-state index contributed by atoms with van der Waals surface area (Å²) in [4.78, 5) is 15.7. The summed E-state index contributed by atoms with van der Waals surface area (Å²) in [5, 5.41) is 4.94. The van der Waals surface area contributed by atoms with Gasteiger partial charge in [0.1, 0.15) is 0 Å². The average molecular weight is 268 g/mol. The minimum Gasteiger partial charge on any atom is -0.323 e. The van der Waals surface area contributed by atoms with Crippen LogP contribution in [0.25, 0.3) is 0 Å². The molecule has 1 heterocycles. The third kappa shape index (κ3) is 2.89. The number of carbonyl (C=O) groups excluding carboxylic acids is 1. The fraction of sp³-hybridized carbons (Fsp3) is 0.167. The Balaban J connectivity index is 2.05. The number of hydrogen-bond acceptors (Lipinski definition) is 3. The second-order valence-electron chi connectivity index (χ2n) is 3.68. The van der Waals surface area contributed by atoms with Gasteiger partial charge < -0.3 is 5.32 Å². The van der Waals surface area contributed by atoms with Crippen LogP contribution in [0.15, 0.2) is 23.6 Å². The van der Waals surface area contributed by atoms with E-state index >= 15 is 0 Å². The van der Waals surface area contributed by atoms with E-state index < -0.39 is 17.5 Å². The van der Waals surface area contributed by atoms with Crippen LogP contribution < -0.4 is 5.32 Å². The lowest BCUT2D eigenvalue weighted by molar-refractivity contribution is -0.115. The molecule has 0 saturated heterocycles. The highest BCUT2D eigenvalue weighted by molar-refractivity contribution is 7.09. The Morgan fingerprint density at radius 1 is 1.44 bits per heavy atom. The van der Waals surface area contributed by atoms with E-state index in [0.717, 1.165) is 11.1 Å². The van der Waals surface area contributed by atoms with Crippen molar-refractivity contribution in [2.24, 2.45) is 0 Å². The topological polar surface area (TPSA) is 42.0 Å². The van der Waals surface area contributed by atoms with Gasteiger partial charge in [-0.05, 0) is 19.1 Å². The van der Waals surface area contributed by atoms with Crippen LogP contribution in [0, 0.1) is 18.6 Å². The largest absolute Gasteiger partial charge is 0.323 e. The van der Waals surface area contributed by atoms with Gasteiger partial charge in [-0.25, -0.2) is 13.8 Å². The molecule has 0 spiro atoms. The Hall–Kier alpha value is -1.82. The summed E-state index contributed by atoms with van der Waals surface area (Å²) in [6, 6.07) is 3.64. The number of carbonyl (C=O) groups is 1. The van der Waals surface area contributed by atoms with E-state index in [9.17, 15) is 13.6 Å². The SMILES string of the molecule is Cc1nc(CC(=O)Nc2cccc(F)c2F)cs1. The Bertz CT molecular complexity index is 583. The fourth-order valence-electron chi connectivity index (χ4n) is 1.45. The van der Waals surface area contributed by atoms with Gasteiger partial charge >= 0.3 is 0 Å². The van der Waals surface area contributed by atoms with Crippen LogP contribution in [-0.4, -0.2) is 10.9 Å². The van der Waals surface area contributed by atoms with Crippen LogP contribution >= 0.6 is 11.3 Å². The summed E-state index contributed by atoms with van der Waals surface area (Å²) in [5.41, 5.74) is 0.457. The maximum Gasteiger partial charge on any atom is 0.230 e. The molecule has 0 aliphatic heterocycles. The maximum atomic E-state index is 13.3. The molecule has 1 amide bonds. The van der Waals surface area contributed by atoms with Crippen molar-refractivity contribution < 1.29 is 13.6 Å². The molecule has 0 bridgehead atoms. The van der Waals surface area contributed by atoms with Gasteiger partial charge in [-0.3, -0.25) is 4.79 Å². The second kappa shape index (κ2) is 5.22. The molecule has 18 heavy (non-hydrogen) atoms. The number of aromatic nitrogens is 1. The summed E-state index contributed by atoms with van der Waals surface area (Å²) < 4.78 is 26.2. The fourth-order valence-corrected chi connectivity index (χ4v) is 2.06. The summed E-state index contributed by atoms with van der Waals surface area (Å²) >= 11 is 1.43. The maximum absolute atomic E-state index is 13.3. The lowest BCUT2D eigenvalue weighted by Gasteiger charge is -2.05. The first-order chi connectivity index (χ1) is 8.56. The molecule has 0 unspecified atom stereocenters. The van der Waals surface area contributed by atoms with Crippen molar-refractivity contribution in [1.82, 2.24) is 4.98 Å². The van der Waals surface area contributed by atoms with E-state index in [0.29, 0.717) is 5.69 Å². The summed E-state index contributed by atoms with van der Waals surface area (Å²) in [5.74, 6) is -2.47. The highest BCUT2D eigenvalue weighted by atomic mass is 32.1. The van der Waals surface area contributed by atoms with E-state index in [1.165, 1.54) is 23.5 Å². The lowest BCUT2D eigenvalue weighted by atomic mass is 10.2. The van der Waals surface area contributed by atoms with Crippen molar-refractivity contribution in [2.45, 2.75) is 13.3 Å². The first-order valence-corrected chi connectivity index (χ1v) is 6.09. The van der Waals surface area contributed by atoms with Crippen LogP contribution in [0.1, 0.15) is 10.7 Å². The highest BCUT2D eigenvalue weighted by Crippen LogP contribution is 2.17. The van der Waals surface area contributed by atoms with Gasteiger partial charge in [-0.1, -0.05) is 6.07 Å². The Morgan fingerprint density at radius 3 is 2.89 bits per heavy atom. The Morgan fingerprint density at radius 2 is 2.22 bits per heavy atom. The van der Waals surface area contributed by atoms with E-state index in [1.54, 1.807) is 5.38 Å². The summed E-state index contributed by atoms with van der Waals surface area (Å²) in [7, 11) is 0. The number of anilines is 1. The highest BCUT2D eigenvalue weighted by Gasteiger charge is 2.12. The van der Waals surface area contributed by atoms with E-state index in [4.69, 9.17) is 0 Å². The quantitative estimate of drug-likeness (QED) is 0.930. The molecular formula is C12H10F2N2OS. The van der Waals surface area contributed by atoms with Gasteiger partial charge in [0.2, 0.25) is 5.91 Å². The number of aryl methyl sites for hydroxylation is 1. The van der Waals surface area contributed by atoms with Crippen molar-refractivity contribution in [3.63, 3.8) is 0 Å². The smallest absolute Gasteiger partial charge is 0.230 e. The number of amides is 1. The molecule has 3 nitrogen and oxygen atoms in total. The van der Waals surface area contributed by atoms with E-state index in [-0.39, 0.29) is 12.1 Å². The van der Waals surface area contributed by atoms with Crippen LogP contribution in [0.5, 0.6) is 0 Å². The van der Waals surface area contributed by atoms with Crippen molar-refractivity contribution in [2.75, 3.05) is 5.32 Å². The first kappa shape index (κ1) is 12.6. The van der Waals surface area contributed by atoms with Gasteiger partial charge in [0.25, 0.3) is 0 Å². The zero-order valence-electron chi connectivity index (χ0n) is 9.54. The molecule has 1 aromatic carbocycles. The number of benzene rings is 1. The Labute approximate surface area is 106 Å². The molecule has 0 radical (unpaired) electrons. The van der Waals surface area contributed by atoms with Crippen molar-refractivity contribution in [3.05, 3.63) is 45.9 Å². The molecule has 6 heteroatoms. The first-order valence-electron chi connectivity index (χ1n) is 5.21. The third-order valence-corrected chi connectivity index (χ3v) is 3.06. The minimum atomic E-state index is -1.06. The summed E-state index contributed by atoms with van der Waals surface area (Å²) in [6.07, 6.45) is 0.0420. The van der Waals surface area contributed by atoms with Crippen LogP contribution in [-0.2, 0) is 11.2 Å². The molecule has 0 saturated carbocycles. The Kier molecular flexibility index (Phi) is 3.66. The molecule has 2 aromatic rings. The lowest BCUT2D eigenvalue weighted by Crippen LogP contribution is -2.15.